The van der Waals surface area contributed by atoms with Crippen LogP contribution in [0.15, 0.2) is 115 Å². The topological polar surface area (TPSA) is 95.0 Å². The summed E-state index contributed by atoms with van der Waals surface area (Å²) < 4.78 is 0. The Kier molecular flexibility index (Phi) is 7.15. The van der Waals surface area contributed by atoms with E-state index in [1.54, 1.807) is 48.5 Å². The van der Waals surface area contributed by atoms with E-state index in [2.05, 4.69) is 6.92 Å². The third-order valence-corrected chi connectivity index (χ3v) is 11.2. The molecule has 2 heterocycles. The van der Waals surface area contributed by atoms with Gasteiger partial charge in [0.25, 0.3) is 0 Å². The van der Waals surface area contributed by atoms with E-state index in [9.17, 15) is 19.5 Å². The number of anilines is 2. The van der Waals surface area contributed by atoms with E-state index in [1.807, 2.05) is 60.7 Å². The average Bonchev–Trinajstić information content (AvgIpc) is 3.50. The van der Waals surface area contributed by atoms with Crippen molar-refractivity contribution < 1.29 is 24.3 Å². The predicted octanol–water partition coefficient (Wildman–Crippen LogP) is 6.98. The number of rotatable bonds is 5. The lowest BCUT2D eigenvalue weighted by Crippen LogP contribution is -2.53. The van der Waals surface area contributed by atoms with Crippen LogP contribution in [0, 0.1) is 23.7 Å². The van der Waals surface area contributed by atoms with E-state index < -0.39 is 35.0 Å². The smallest absolute Gasteiger partial charge is 0.246 e. The highest BCUT2D eigenvalue weighted by Crippen LogP contribution is 2.64. The Morgan fingerprint density at radius 1 is 0.771 bits per heavy atom. The molecule has 3 fully saturated rings. The van der Waals surface area contributed by atoms with Crippen molar-refractivity contribution in [2.45, 2.75) is 37.5 Å². The zero-order valence-electron chi connectivity index (χ0n) is 26.3. The summed E-state index contributed by atoms with van der Waals surface area (Å²) in [6.07, 6.45) is 3.44. The molecule has 1 saturated carbocycles. The molecule has 0 aromatic heterocycles. The summed E-state index contributed by atoms with van der Waals surface area (Å²) in [5.74, 6) is -4.36. The highest BCUT2D eigenvalue weighted by atomic mass is 35.5. The lowest BCUT2D eigenvalue weighted by Gasteiger charge is -2.50. The van der Waals surface area contributed by atoms with Gasteiger partial charge in [-0.15, -0.1) is 0 Å². The van der Waals surface area contributed by atoms with Crippen LogP contribution in [0.3, 0.4) is 0 Å². The van der Waals surface area contributed by atoms with E-state index in [-0.39, 0.29) is 35.8 Å². The number of nitrogens with zero attached hydrogens (tertiary/aromatic N) is 2. The van der Waals surface area contributed by atoms with Gasteiger partial charge >= 0.3 is 0 Å². The van der Waals surface area contributed by atoms with Gasteiger partial charge in [-0.1, -0.05) is 90.8 Å². The van der Waals surface area contributed by atoms with E-state index in [4.69, 9.17) is 11.6 Å². The maximum Gasteiger partial charge on any atom is 0.246 e. The van der Waals surface area contributed by atoms with Gasteiger partial charge in [-0.3, -0.25) is 24.1 Å². The number of carbonyl (C=O) groups is 4. The Morgan fingerprint density at radius 2 is 1.50 bits per heavy atom. The van der Waals surface area contributed by atoms with Crippen molar-refractivity contribution in [3.8, 4) is 5.75 Å². The van der Waals surface area contributed by atoms with Crippen LogP contribution in [0.1, 0.15) is 42.4 Å². The van der Waals surface area contributed by atoms with Crippen LogP contribution in [-0.4, -0.2) is 28.7 Å². The molecule has 0 bridgehead atoms. The molecular formula is C40H33ClN2O5. The monoisotopic (exact) mass is 656 g/mol. The van der Waals surface area contributed by atoms with Crippen LogP contribution < -0.4 is 9.80 Å². The summed E-state index contributed by atoms with van der Waals surface area (Å²) in [4.78, 5) is 60.9. The average molecular weight is 657 g/mol. The number of allylic oxidation sites excluding steroid dienone is 2. The molecule has 2 aliphatic carbocycles. The summed E-state index contributed by atoms with van der Waals surface area (Å²) in [7, 11) is 0. The first kappa shape index (κ1) is 30.3. The molecule has 2 saturated heterocycles. The van der Waals surface area contributed by atoms with Gasteiger partial charge in [-0.2, -0.15) is 0 Å². The minimum Gasteiger partial charge on any atom is -0.508 e. The molecule has 48 heavy (non-hydrogen) atoms. The van der Waals surface area contributed by atoms with Crippen LogP contribution in [-0.2, 0) is 31.0 Å². The van der Waals surface area contributed by atoms with Gasteiger partial charge in [0, 0.05) is 10.9 Å². The summed E-state index contributed by atoms with van der Waals surface area (Å²) >= 11 is 6.38. The lowest BCUT2D eigenvalue weighted by atomic mass is 9.49. The molecule has 8 heteroatoms. The molecule has 2 aliphatic heterocycles. The van der Waals surface area contributed by atoms with Gasteiger partial charge in [0.1, 0.15) is 5.75 Å². The summed E-state index contributed by atoms with van der Waals surface area (Å²) in [6, 6.07) is 30.4. The van der Waals surface area contributed by atoms with Gasteiger partial charge < -0.3 is 5.11 Å². The molecule has 240 valence electrons. The molecule has 4 aromatic rings. The number of hydrogen-bond acceptors (Lipinski definition) is 5. The molecule has 4 aliphatic rings. The van der Waals surface area contributed by atoms with Gasteiger partial charge in [0.05, 0.1) is 34.5 Å². The number of phenols is 1. The predicted molar refractivity (Wildman–Crippen MR) is 183 cm³/mol. The fourth-order valence-corrected chi connectivity index (χ4v) is 9.11. The largest absolute Gasteiger partial charge is 0.508 e. The lowest BCUT2D eigenvalue weighted by molar-refractivity contribution is -0.127. The molecule has 4 aromatic carbocycles. The van der Waals surface area contributed by atoms with Crippen molar-refractivity contribution in [1.29, 1.82) is 0 Å². The molecule has 4 amide bonds. The van der Waals surface area contributed by atoms with E-state index in [0.29, 0.717) is 28.4 Å². The maximum atomic E-state index is 15.2. The first-order valence-electron chi connectivity index (χ1n) is 16.4. The fourth-order valence-electron chi connectivity index (χ4n) is 8.92. The normalized spacial score (nSPS) is 27.9. The van der Waals surface area contributed by atoms with Gasteiger partial charge in [0.15, 0.2) is 0 Å². The molecule has 6 unspecified atom stereocenters. The Hall–Kier alpha value is -5.01. The fraction of sp³-hybridized carbons (Fsp3) is 0.250. The van der Waals surface area contributed by atoms with Crippen molar-refractivity contribution >= 4 is 46.6 Å². The standard InChI is InChI=1S/C40H33ClN2O5/c1-2-23-11-15-27(16-12-23)42-36(45)31-20-19-30-32(34(31)38(42)47)22-33-37(46)43(28-10-6-9-26(41)21-28)39(48)40(33,25-7-4-3-5-8-25)35(30)24-13-17-29(44)18-14-24/h3-19,21,31-35,44H,2,20,22H2,1H3. The van der Waals surface area contributed by atoms with Crippen LogP contribution >= 0.6 is 11.6 Å². The quantitative estimate of drug-likeness (QED) is 0.185. The van der Waals surface area contributed by atoms with E-state index >= 15 is 4.79 Å². The van der Waals surface area contributed by atoms with Crippen molar-refractivity contribution in [2.24, 2.45) is 23.7 Å². The molecule has 6 atom stereocenters. The zero-order chi connectivity index (χ0) is 33.3. The number of halogens is 1. The van der Waals surface area contributed by atoms with Crippen LogP contribution in [0.25, 0.3) is 0 Å². The van der Waals surface area contributed by atoms with Crippen LogP contribution in [0.5, 0.6) is 5.75 Å². The number of amides is 4. The zero-order valence-corrected chi connectivity index (χ0v) is 27.0. The van der Waals surface area contributed by atoms with Crippen LogP contribution in [0.4, 0.5) is 11.4 Å². The third-order valence-electron chi connectivity index (χ3n) is 11.0. The minimum absolute atomic E-state index is 0.0739. The highest BCUT2D eigenvalue weighted by molar-refractivity contribution is 6.32. The summed E-state index contributed by atoms with van der Waals surface area (Å²) in [5, 5.41) is 10.7. The van der Waals surface area contributed by atoms with E-state index in [1.165, 1.54) is 9.80 Å². The SMILES string of the molecule is CCc1ccc(N2C(=O)C3CC=C4C(CC5C(=O)N(c6cccc(Cl)c6)C(=O)C5(c5ccccc5)C4c4ccc(O)cc4)C3C2=O)cc1. The second-order valence-corrected chi connectivity index (χ2v) is 13.7. The number of hydrogen-bond donors (Lipinski definition) is 1. The molecular weight excluding hydrogens is 624 g/mol. The maximum absolute atomic E-state index is 15.2. The van der Waals surface area contributed by atoms with Crippen molar-refractivity contribution in [2.75, 3.05) is 9.80 Å². The number of aryl methyl sites for hydroxylation is 1. The van der Waals surface area contributed by atoms with E-state index in [0.717, 1.165) is 23.1 Å². The molecule has 0 radical (unpaired) electrons. The second kappa shape index (κ2) is 11.3. The number of aromatic hydroxyl groups is 1. The minimum atomic E-state index is -1.35. The third kappa shape index (κ3) is 4.26. The molecule has 8 rings (SSSR count). The van der Waals surface area contributed by atoms with Crippen molar-refractivity contribution in [3.05, 3.63) is 136 Å². The molecule has 1 N–H and O–H groups in total. The number of benzene rings is 4. The summed E-state index contributed by atoms with van der Waals surface area (Å²) in [6.45, 7) is 2.05. The molecule has 0 spiro atoms. The number of carbonyl (C=O) groups excluding carboxylic acids is 4. The Balaban J connectivity index is 1.32. The number of fused-ring (bicyclic) bond motifs is 4. The first-order chi connectivity index (χ1) is 23.2. The van der Waals surface area contributed by atoms with Gasteiger partial charge in [0.2, 0.25) is 23.6 Å². The Labute approximate surface area is 283 Å². The number of imide groups is 2. The van der Waals surface area contributed by atoms with Gasteiger partial charge in [-0.05, 0) is 84.3 Å². The van der Waals surface area contributed by atoms with Crippen molar-refractivity contribution in [3.63, 3.8) is 0 Å². The first-order valence-corrected chi connectivity index (χ1v) is 16.8. The Morgan fingerprint density at radius 3 is 2.19 bits per heavy atom. The highest BCUT2D eigenvalue weighted by Gasteiger charge is 2.70. The number of phenolic OH excluding ortho intramolecular Hbond substituents is 1. The Bertz CT molecular complexity index is 2010. The summed E-state index contributed by atoms with van der Waals surface area (Å²) in [5.41, 5.74) is 3.00. The van der Waals surface area contributed by atoms with Crippen molar-refractivity contribution in [1.82, 2.24) is 0 Å². The molecule has 7 nitrogen and oxygen atoms in total. The van der Waals surface area contributed by atoms with Gasteiger partial charge in [-0.25, -0.2) is 4.90 Å². The second-order valence-electron chi connectivity index (χ2n) is 13.2. The van der Waals surface area contributed by atoms with Crippen LogP contribution in [0.2, 0.25) is 5.02 Å².